The number of para-hydroxylation sites is 1. The second-order valence-electron chi connectivity index (χ2n) is 5.76. The lowest BCUT2D eigenvalue weighted by molar-refractivity contribution is 0.414. The number of hydrogen-bond donors (Lipinski definition) is 2. The Kier molecular flexibility index (Phi) is 5.09. The van der Waals surface area contributed by atoms with E-state index in [9.17, 15) is 0 Å². The Balaban J connectivity index is 1.32. The number of anilines is 2. The van der Waals surface area contributed by atoms with E-state index >= 15 is 0 Å². The van der Waals surface area contributed by atoms with Gasteiger partial charge in [0.2, 0.25) is 11.8 Å². The highest BCUT2D eigenvalue weighted by atomic mass is 16.5. The van der Waals surface area contributed by atoms with Crippen LogP contribution in [0.5, 0.6) is 5.75 Å². The van der Waals surface area contributed by atoms with E-state index in [1.54, 1.807) is 11.8 Å². The molecule has 4 aromatic rings. The van der Waals surface area contributed by atoms with E-state index in [1.807, 2.05) is 54.6 Å². The molecule has 0 fully saturated rings. The molecule has 0 radical (unpaired) electrons. The predicted octanol–water partition coefficient (Wildman–Crippen LogP) is 2.24. The lowest BCUT2D eigenvalue weighted by Gasteiger charge is -2.06. The van der Waals surface area contributed by atoms with Crippen LogP contribution >= 0.6 is 0 Å². The SMILES string of the molecule is COc1cccc(-c2noc(NCCNc3nnnn3-c3ccccc3)n2)c1. The molecule has 28 heavy (non-hydrogen) atoms. The zero-order valence-corrected chi connectivity index (χ0v) is 15.1. The van der Waals surface area contributed by atoms with E-state index in [-0.39, 0.29) is 0 Å². The van der Waals surface area contributed by atoms with Crippen LogP contribution in [0.2, 0.25) is 0 Å². The minimum atomic E-state index is 0.335. The Morgan fingerprint density at radius 3 is 2.75 bits per heavy atom. The molecule has 0 spiro atoms. The van der Waals surface area contributed by atoms with Gasteiger partial charge in [-0.25, -0.2) is 0 Å². The Labute approximate surface area is 160 Å². The van der Waals surface area contributed by atoms with Gasteiger partial charge in [0.05, 0.1) is 12.8 Å². The first-order valence-electron chi connectivity index (χ1n) is 8.63. The molecule has 0 aliphatic rings. The van der Waals surface area contributed by atoms with Crippen molar-refractivity contribution in [2.24, 2.45) is 0 Å². The largest absolute Gasteiger partial charge is 0.497 e. The molecule has 0 amide bonds. The normalized spacial score (nSPS) is 10.6. The third-order valence-electron chi connectivity index (χ3n) is 3.91. The highest BCUT2D eigenvalue weighted by Gasteiger charge is 2.10. The van der Waals surface area contributed by atoms with E-state index < -0.39 is 0 Å². The van der Waals surface area contributed by atoms with E-state index in [0.29, 0.717) is 30.9 Å². The van der Waals surface area contributed by atoms with E-state index in [1.165, 1.54) is 0 Å². The molecule has 0 saturated carbocycles. The number of rotatable bonds is 8. The molecule has 10 heteroatoms. The fourth-order valence-electron chi connectivity index (χ4n) is 2.56. The number of aromatic nitrogens is 6. The van der Waals surface area contributed by atoms with Crippen LogP contribution in [0.15, 0.2) is 59.1 Å². The van der Waals surface area contributed by atoms with E-state index in [4.69, 9.17) is 9.26 Å². The average molecular weight is 378 g/mol. The molecule has 10 nitrogen and oxygen atoms in total. The second-order valence-corrected chi connectivity index (χ2v) is 5.76. The number of ether oxygens (including phenoxy) is 1. The summed E-state index contributed by atoms with van der Waals surface area (Å²) in [5.41, 5.74) is 1.69. The van der Waals surface area contributed by atoms with Crippen molar-refractivity contribution in [3.63, 3.8) is 0 Å². The first-order valence-corrected chi connectivity index (χ1v) is 8.63. The standard InChI is InChI=1S/C18H18N8O2/c1-27-15-9-5-6-13(12-15)16-21-18(28-23-16)20-11-10-19-17-22-24-25-26(17)14-7-3-2-4-8-14/h2-9,12H,10-11H2,1H3,(H,19,22,25)(H,20,21,23). The van der Waals surface area contributed by atoms with Gasteiger partial charge >= 0.3 is 6.01 Å². The van der Waals surface area contributed by atoms with Crippen molar-refractivity contribution in [3.05, 3.63) is 54.6 Å². The second kappa shape index (κ2) is 8.16. The summed E-state index contributed by atoms with van der Waals surface area (Å²) in [5.74, 6) is 1.77. The molecule has 142 valence electrons. The van der Waals surface area contributed by atoms with Crippen molar-refractivity contribution in [1.29, 1.82) is 0 Å². The van der Waals surface area contributed by atoms with Gasteiger partial charge in [0, 0.05) is 18.7 Å². The average Bonchev–Trinajstić information content (AvgIpc) is 3.41. The summed E-state index contributed by atoms with van der Waals surface area (Å²) in [6.45, 7) is 1.10. The minimum Gasteiger partial charge on any atom is -0.497 e. The van der Waals surface area contributed by atoms with Gasteiger partial charge in [0.1, 0.15) is 5.75 Å². The Morgan fingerprint density at radius 1 is 1.04 bits per heavy atom. The van der Waals surface area contributed by atoms with Gasteiger partial charge in [-0.15, -0.1) is 0 Å². The fourth-order valence-corrected chi connectivity index (χ4v) is 2.56. The van der Waals surface area contributed by atoms with Gasteiger partial charge in [-0.05, 0) is 34.7 Å². The lowest BCUT2D eigenvalue weighted by Crippen LogP contribution is -2.16. The number of nitrogens with one attached hydrogen (secondary N) is 2. The summed E-state index contributed by atoms with van der Waals surface area (Å²) < 4.78 is 12.1. The zero-order valence-electron chi connectivity index (χ0n) is 15.1. The van der Waals surface area contributed by atoms with Crippen molar-refractivity contribution in [3.8, 4) is 22.8 Å². The first kappa shape index (κ1) is 17.5. The molecule has 0 atom stereocenters. The molecule has 0 aliphatic heterocycles. The summed E-state index contributed by atoms with van der Waals surface area (Å²) in [6.07, 6.45) is 0. The van der Waals surface area contributed by atoms with Crippen LogP contribution in [-0.4, -0.2) is 50.5 Å². The molecule has 2 aromatic heterocycles. The number of tetrazole rings is 1. The minimum absolute atomic E-state index is 0.335. The van der Waals surface area contributed by atoms with E-state index in [0.717, 1.165) is 17.0 Å². The van der Waals surface area contributed by atoms with Crippen molar-refractivity contribution in [1.82, 2.24) is 30.3 Å². The van der Waals surface area contributed by atoms with Gasteiger partial charge in [-0.2, -0.15) is 9.67 Å². The summed E-state index contributed by atoms with van der Waals surface area (Å²) >= 11 is 0. The predicted molar refractivity (Wildman–Crippen MR) is 102 cm³/mol. The number of methoxy groups -OCH3 is 1. The number of nitrogens with zero attached hydrogens (tertiary/aromatic N) is 6. The molecule has 4 rings (SSSR count). The lowest BCUT2D eigenvalue weighted by atomic mass is 10.2. The van der Waals surface area contributed by atoms with Crippen molar-refractivity contribution in [2.75, 3.05) is 30.8 Å². The van der Waals surface area contributed by atoms with Gasteiger partial charge in [-0.3, -0.25) is 0 Å². The zero-order chi connectivity index (χ0) is 19.2. The summed E-state index contributed by atoms with van der Waals surface area (Å²) in [4.78, 5) is 4.34. The maximum atomic E-state index is 5.24. The van der Waals surface area contributed by atoms with Crippen molar-refractivity contribution >= 4 is 12.0 Å². The number of benzene rings is 2. The van der Waals surface area contributed by atoms with Crippen LogP contribution in [-0.2, 0) is 0 Å². The Hall–Kier alpha value is -3.95. The van der Waals surface area contributed by atoms with Crippen LogP contribution in [0.3, 0.4) is 0 Å². The Morgan fingerprint density at radius 2 is 1.89 bits per heavy atom. The first-order chi connectivity index (χ1) is 13.8. The topological polar surface area (TPSA) is 116 Å². The third-order valence-corrected chi connectivity index (χ3v) is 3.91. The van der Waals surface area contributed by atoms with Crippen LogP contribution < -0.4 is 15.4 Å². The Bertz CT molecular complexity index is 1030. The third kappa shape index (κ3) is 3.90. The highest BCUT2D eigenvalue weighted by Crippen LogP contribution is 2.22. The molecule has 0 saturated heterocycles. The molecule has 2 N–H and O–H groups in total. The molecule has 0 unspecified atom stereocenters. The molecular formula is C18H18N8O2. The summed E-state index contributed by atoms with van der Waals surface area (Å²) in [7, 11) is 1.61. The van der Waals surface area contributed by atoms with Crippen LogP contribution in [0.1, 0.15) is 0 Å². The van der Waals surface area contributed by atoms with Gasteiger partial charge in [0.25, 0.3) is 0 Å². The highest BCUT2D eigenvalue weighted by molar-refractivity contribution is 5.57. The van der Waals surface area contributed by atoms with Crippen LogP contribution in [0.25, 0.3) is 17.1 Å². The molecule has 0 aliphatic carbocycles. The molecule has 0 bridgehead atoms. The van der Waals surface area contributed by atoms with Crippen LogP contribution in [0, 0.1) is 0 Å². The van der Waals surface area contributed by atoms with E-state index in [2.05, 4.69) is 36.3 Å². The van der Waals surface area contributed by atoms with Crippen molar-refractivity contribution < 1.29 is 9.26 Å². The smallest absolute Gasteiger partial charge is 0.321 e. The molecule has 2 aromatic carbocycles. The van der Waals surface area contributed by atoms with Crippen molar-refractivity contribution in [2.45, 2.75) is 0 Å². The molecular weight excluding hydrogens is 360 g/mol. The maximum absolute atomic E-state index is 5.24. The molecule has 2 heterocycles. The van der Waals surface area contributed by atoms with Gasteiger partial charge in [-0.1, -0.05) is 40.6 Å². The quantitative estimate of drug-likeness (QED) is 0.445. The van der Waals surface area contributed by atoms with Gasteiger partial charge < -0.3 is 19.9 Å². The monoisotopic (exact) mass is 378 g/mol. The fraction of sp³-hybridized carbons (Fsp3) is 0.167. The summed E-state index contributed by atoms with van der Waals surface area (Å²) in [6, 6.07) is 17.5. The van der Waals surface area contributed by atoms with Gasteiger partial charge in [0.15, 0.2) is 0 Å². The maximum Gasteiger partial charge on any atom is 0.321 e. The summed E-state index contributed by atoms with van der Waals surface area (Å²) in [5, 5.41) is 21.9. The van der Waals surface area contributed by atoms with Crippen LogP contribution in [0.4, 0.5) is 12.0 Å². The number of hydrogen-bond acceptors (Lipinski definition) is 9.